The number of ether oxygens (including phenoxy) is 1. The molecule has 1 aromatic heterocycles. The van der Waals surface area contributed by atoms with Crippen molar-refractivity contribution in [2.75, 3.05) is 25.1 Å². The first kappa shape index (κ1) is 20.6. The van der Waals surface area contributed by atoms with Crippen molar-refractivity contribution >= 4 is 11.7 Å². The molecular weight excluding hydrogens is 376 g/mol. The van der Waals surface area contributed by atoms with Crippen LogP contribution in [0.2, 0.25) is 0 Å². The van der Waals surface area contributed by atoms with E-state index in [0.717, 1.165) is 74.0 Å². The van der Waals surface area contributed by atoms with Crippen LogP contribution in [0.4, 0.5) is 5.82 Å². The normalized spacial score (nSPS) is 18.6. The Morgan fingerprint density at radius 3 is 2.77 bits per heavy atom. The van der Waals surface area contributed by atoms with Crippen molar-refractivity contribution in [3.05, 3.63) is 46.9 Å². The number of hydrogen-bond acceptors (Lipinski definition) is 5. The van der Waals surface area contributed by atoms with Crippen LogP contribution in [0.25, 0.3) is 0 Å². The van der Waals surface area contributed by atoms with Crippen molar-refractivity contribution in [2.45, 2.75) is 59.0 Å². The fourth-order valence-corrected chi connectivity index (χ4v) is 4.68. The van der Waals surface area contributed by atoms with Crippen molar-refractivity contribution in [2.24, 2.45) is 5.92 Å². The van der Waals surface area contributed by atoms with Gasteiger partial charge in [0.25, 0.3) is 0 Å². The minimum atomic E-state index is -0.0149. The zero-order valence-electron chi connectivity index (χ0n) is 18.5. The molecule has 0 spiro atoms. The van der Waals surface area contributed by atoms with Gasteiger partial charge in [0.2, 0.25) is 5.91 Å². The van der Waals surface area contributed by atoms with Gasteiger partial charge in [-0.1, -0.05) is 32.0 Å². The van der Waals surface area contributed by atoms with Crippen LogP contribution < -0.4 is 9.64 Å². The number of para-hydroxylation sites is 1. The maximum atomic E-state index is 12.7. The van der Waals surface area contributed by atoms with Crippen LogP contribution in [0, 0.1) is 12.8 Å². The first-order valence-corrected chi connectivity index (χ1v) is 11.0. The Morgan fingerprint density at radius 1 is 1.20 bits per heavy atom. The van der Waals surface area contributed by atoms with E-state index < -0.39 is 0 Å². The quantitative estimate of drug-likeness (QED) is 0.747. The molecule has 0 aliphatic carbocycles. The highest BCUT2D eigenvalue weighted by Crippen LogP contribution is 2.35. The number of nitrogens with zero attached hydrogens (tertiary/aromatic N) is 4. The number of benzene rings is 1. The molecule has 0 saturated carbocycles. The second-order valence-corrected chi connectivity index (χ2v) is 8.65. The van der Waals surface area contributed by atoms with Crippen LogP contribution in [0.5, 0.6) is 5.75 Å². The van der Waals surface area contributed by atoms with Gasteiger partial charge in [0.05, 0.1) is 13.2 Å². The van der Waals surface area contributed by atoms with E-state index in [1.807, 2.05) is 36.9 Å². The monoisotopic (exact) mass is 408 g/mol. The van der Waals surface area contributed by atoms with Crippen molar-refractivity contribution in [3.63, 3.8) is 0 Å². The summed E-state index contributed by atoms with van der Waals surface area (Å²) in [5, 5.41) is 0. The molecule has 6 nitrogen and oxygen atoms in total. The smallest absolute Gasteiger partial charge is 0.225 e. The molecule has 4 rings (SSSR count). The van der Waals surface area contributed by atoms with Crippen LogP contribution in [0.1, 0.15) is 61.8 Å². The fraction of sp³-hybridized carbons (Fsp3) is 0.542. The van der Waals surface area contributed by atoms with Crippen LogP contribution in [-0.2, 0) is 17.8 Å². The number of likely N-dealkylation sites (tertiary alicyclic amines) is 1. The third-order valence-corrected chi connectivity index (χ3v) is 6.25. The molecule has 30 heavy (non-hydrogen) atoms. The molecule has 0 radical (unpaired) electrons. The first-order chi connectivity index (χ1) is 14.5. The van der Waals surface area contributed by atoms with E-state index in [-0.39, 0.29) is 17.9 Å². The van der Waals surface area contributed by atoms with Gasteiger partial charge in [0.15, 0.2) is 5.82 Å². The molecule has 1 amide bonds. The number of anilines is 1. The summed E-state index contributed by atoms with van der Waals surface area (Å²) < 4.78 is 5.56. The lowest BCUT2D eigenvalue weighted by Crippen LogP contribution is -2.36. The maximum absolute atomic E-state index is 12.7. The predicted octanol–water partition coefficient (Wildman–Crippen LogP) is 4.07. The lowest BCUT2D eigenvalue weighted by Gasteiger charge is -2.33. The van der Waals surface area contributed by atoms with Gasteiger partial charge in [-0.05, 0) is 38.7 Å². The number of methoxy groups -OCH3 is 1. The van der Waals surface area contributed by atoms with Crippen LogP contribution in [0.15, 0.2) is 24.3 Å². The lowest BCUT2D eigenvalue weighted by molar-refractivity contribution is -0.135. The van der Waals surface area contributed by atoms with Crippen LogP contribution in [-0.4, -0.2) is 41.0 Å². The van der Waals surface area contributed by atoms with Crippen molar-refractivity contribution in [1.82, 2.24) is 14.9 Å². The number of aromatic nitrogens is 2. The highest BCUT2D eigenvalue weighted by atomic mass is 16.5. The van der Waals surface area contributed by atoms with Gasteiger partial charge >= 0.3 is 0 Å². The third-order valence-electron chi connectivity index (χ3n) is 6.25. The molecule has 1 saturated heterocycles. The summed E-state index contributed by atoms with van der Waals surface area (Å²) >= 11 is 0. The SMILES string of the molecule is COc1ccccc1CN1CCCc2c(C)nc([C@H]3CCCN3C(=O)C(C)C)nc21. The number of aryl methyl sites for hydroxylation is 1. The molecule has 2 aliphatic heterocycles. The molecule has 1 aromatic carbocycles. The van der Waals surface area contributed by atoms with E-state index in [0.29, 0.717) is 0 Å². The topological polar surface area (TPSA) is 58.6 Å². The largest absolute Gasteiger partial charge is 0.496 e. The predicted molar refractivity (Wildman–Crippen MR) is 118 cm³/mol. The molecule has 0 unspecified atom stereocenters. The van der Waals surface area contributed by atoms with Crippen molar-refractivity contribution < 1.29 is 9.53 Å². The average Bonchev–Trinajstić information content (AvgIpc) is 3.23. The summed E-state index contributed by atoms with van der Waals surface area (Å²) in [4.78, 5) is 27.0. The van der Waals surface area contributed by atoms with Gasteiger partial charge in [-0.15, -0.1) is 0 Å². The minimum absolute atomic E-state index is 0.00799. The van der Waals surface area contributed by atoms with Crippen LogP contribution in [0.3, 0.4) is 0 Å². The molecule has 0 N–H and O–H groups in total. The van der Waals surface area contributed by atoms with Gasteiger partial charge < -0.3 is 14.5 Å². The number of amides is 1. The zero-order chi connectivity index (χ0) is 21.3. The van der Waals surface area contributed by atoms with Gasteiger partial charge in [-0.2, -0.15) is 0 Å². The van der Waals surface area contributed by atoms with Gasteiger partial charge in [-0.3, -0.25) is 4.79 Å². The highest BCUT2D eigenvalue weighted by Gasteiger charge is 2.34. The van der Waals surface area contributed by atoms with E-state index in [2.05, 4.69) is 17.9 Å². The second kappa shape index (κ2) is 8.62. The van der Waals surface area contributed by atoms with E-state index in [9.17, 15) is 4.79 Å². The number of rotatable bonds is 5. The lowest BCUT2D eigenvalue weighted by atomic mass is 10.0. The second-order valence-electron chi connectivity index (χ2n) is 8.65. The van der Waals surface area contributed by atoms with Crippen molar-refractivity contribution in [3.8, 4) is 5.75 Å². The maximum Gasteiger partial charge on any atom is 0.225 e. The Balaban J connectivity index is 1.68. The Morgan fingerprint density at radius 2 is 2.00 bits per heavy atom. The number of carbonyl (C=O) groups excluding carboxylic acids is 1. The zero-order valence-corrected chi connectivity index (χ0v) is 18.5. The summed E-state index contributed by atoms with van der Waals surface area (Å²) in [5.41, 5.74) is 3.44. The molecule has 1 atom stereocenters. The van der Waals surface area contributed by atoms with Crippen molar-refractivity contribution in [1.29, 1.82) is 0 Å². The van der Waals surface area contributed by atoms with Gasteiger partial charge in [0.1, 0.15) is 11.6 Å². The third kappa shape index (κ3) is 3.87. The van der Waals surface area contributed by atoms with Crippen LogP contribution >= 0.6 is 0 Å². The van der Waals surface area contributed by atoms with E-state index in [1.165, 1.54) is 5.56 Å². The molecule has 3 heterocycles. The highest BCUT2D eigenvalue weighted by molar-refractivity contribution is 5.78. The van der Waals surface area contributed by atoms with E-state index in [1.54, 1.807) is 7.11 Å². The summed E-state index contributed by atoms with van der Waals surface area (Å²) in [6, 6.07) is 8.15. The minimum Gasteiger partial charge on any atom is -0.496 e. The molecule has 160 valence electrons. The summed E-state index contributed by atoms with van der Waals surface area (Å²) in [7, 11) is 1.72. The van der Waals surface area contributed by atoms with Gasteiger partial charge in [-0.25, -0.2) is 9.97 Å². The van der Waals surface area contributed by atoms with Gasteiger partial charge in [0, 0.05) is 42.4 Å². The number of fused-ring (bicyclic) bond motifs is 1. The van der Waals surface area contributed by atoms with E-state index >= 15 is 0 Å². The average molecular weight is 409 g/mol. The summed E-state index contributed by atoms with van der Waals surface area (Å²) in [6.45, 7) is 8.52. The summed E-state index contributed by atoms with van der Waals surface area (Å²) in [6.07, 6.45) is 4.03. The Kier molecular flexibility index (Phi) is 5.93. The molecule has 6 heteroatoms. The molecular formula is C24H32N4O2. The first-order valence-electron chi connectivity index (χ1n) is 11.0. The Labute approximate surface area is 179 Å². The molecule has 0 bridgehead atoms. The molecule has 2 aromatic rings. The molecule has 2 aliphatic rings. The Hall–Kier alpha value is -2.63. The number of carbonyl (C=O) groups is 1. The Bertz CT molecular complexity index is 927. The number of hydrogen-bond donors (Lipinski definition) is 0. The van der Waals surface area contributed by atoms with E-state index in [4.69, 9.17) is 14.7 Å². The standard InChI is InChI=1S/C24H32N4O2/c1-16(2)24(29)28-14-8-11-20(28)22-25-17(3)19-10-7-13-27(23(19)26-22)15-18-9-5-6-12-21(18)30-4/h5-6,9,12,16,20H,7-8,10-11,13-15H2,1-4H3/t20-/m1/s1. The summed E-state index contributed by atoms with van der Waals surface area (Å²) in [5.74, 6) is 2.91. The fourth-order valence-electron chi connectivity index (χ4n) is 4.68. The molecule has 1 fully saturated rings.